The Balaban J connectivity index is 1.92. The second kappa shape index (κ2) is 8.40. The molecule has 2 heterocycles. The number of nitrogens with zero attached hydrogens (tertiary/aromatic N) is 1. The van der Waals surface area contributed by atoms with Gasteiger partial charge in [0.25, 0.3) is 0 Å². The lowest BCUT2D eigenvalue weighted by Gasteiger charge is -2.31. The number of hydrogen-bond acceptors (Lipinski definition) is 5. The van der Waals surface area contributed by atoms with Crippen molar-refractivity contribution in [3.05, 3.63) is 22.4 Å². The van der Waals surface area contributed by atoms with Crippen LogP contribution in [-0.4, -0.2) is 50.4 Å². The summed E-state index contributed by atoms with van der Waals surface area (Å²) < 4.78 is 24.9. The van der Waals surface area contributed by atoms with Crippen LogP contribution in [0.2, 0.25) is 0 Å². The van der Waals surface area contributed by atoms with Crippen LogP contribution in [0.4, 0.5) is 0 Å². The molecule has 1 fully saturated rings. The van der Waals surface area contributed by atoms with Gasteiger partial charge in [0.2, 0.25) is 10.0 Å². The van der Waals surface area contributed by atoms with Gasteiger partial charge in [-0.1, -0.05) is 18.9 Å². The Hall–Kier alpha value is -0.470. The van der Waals surface area contributed by atoms with Crippen molar-refractivity contribution in [2.75, 3.05) is 25.9 Å². The highest BCUT2D eigenvalue weighted by Gasteiger charge is 2.24. The van der Waals surface area contributed by atoms with E-state index in [9.17, 15) is 13.5 Å². The average Bonchev–Trinajstić information content (AvgIpc) is 2.89. The minimum absolute atomic E-state index is 0.320. The molecule has 0 radical (unpaired) electrons. The molecule has 0 amide bonds. The molecule has 7 heteroatoms. The highest BCUT2D eigenvalue weighted by atomic mass is 32.2. The first kappa shape index (κ1) is 17.9. The summed E-state index contributed by atoms with van der Waals surface area (Å²) in [6, 6.07) is 4.26. The molecule has 5 nitrogen and oxygen atoms in total. The summed E-state index contributed by atoms with van der Waals surface area (Å²) >= 11 is 1.59. The number of nitrogens with one attached hydrogen (secondary N) is 1. The first-order chi connectivity index (χ1) is 10.5. The summed E-state index contributed by atoms with van der Waals surface area (Å²) in [6.45, 7) is 2.12. The van der Waals surface area contributed by atoms with Gasteiger partial charge >= 0.3 is 0 Å². The van der Waals surface area contributed by atoms with E-state index in [0.717, 1.165) is 30.7 Å². The van der Waals surface area contributed by atoms with Crippen molar-refractivity contribution in [2.45, 2.75) is 44.2 Å². The normalized spacial score (nSPS) is 22.4. The van der Waals surface area contributed by atoms with E-state index >= 15 is 0 Å². The standard InChI is InChI=1S/C15H26N2O3S2/c1-22(19,20)16-8-10-17-9-4-2-3-6-13(17)12-14(18)15-7-5-11-21-15/h5,7,11,13-14,16,18H,2-4,6,8-10,12H2,1H3. The fourth-order valence-corrected chi connectivity index (χ4v) is 4.21. The molecule has 0 bridgehead atoms. The summed E-state index contributed by atoms with van der Waals surface area (Å²) in [5.41, 5.74) is 0. The van der Waals surface area contributed by atoms with Gasteiger partial charge < -0.3 is 5.11 Å². The Morgan fingerprint density at radius 2 is 2.27 bits per heavy atom. The van der Waals surface area contributed by atoms with Gasteiger partial charge in [-0.05, 0) is 37.3 Å². The zero-order chi connectivity index (χ0) is 16.0. The maximum Gasteiger partial charge on any atom is 0.208 e. The van der Waals surface area contributed by atoms with Crippen LogP contribution < -0.4 is 4.72 Å². The number of hydrogen-bond donors (Lipinski definition) is 2. The summed E-state index contributed by atoms with van der Waals surface area (Å²) in [7, 11) is -3.13. The number of thiophene rings is 1. The fourth-order valence-electron chi connectivity index (χ4n) is 3.03. The predicted octanol–water partition coefficient (Wildman–Crippen LogP) is 1.97. The first-order valence-corrected chi connectivity index (χ1v) is 10.6. The molecular formula is C15H26N2O3S2. The topological polar surface area (TPSA) is 69.6 Å². The van der Waals surface area contributed by atoms with Gasteiger partial charge in [-0.2, -0.15) is 0 Å². The van der Waals surface area contributed by atoms with Gasteiger partial charge in [-0.25, -0.2) is 13.1 Å². The van der Waals surface area contributed by atoms with Gasteiger partial charge in [0, 0.05) is 24.0 Å². The van der Waals surface area contributed by atoms with Gasteiger partial charge in [0.15, 0.2) is 0 Å². The Bertz CT molecular complexity index is 531. The van der Waals surface area contributed by atoms with Crippen molar-refractivity contribution in [1.82, 2.24) is 9.62 Å². The van der Waals surface area contributed by atoms with E-state index in [2.05, 4.69) is 9.62 Å². The molecule has 22 heavy (non-hydrogen) atoms. The highest BCUT2D eigenvalue weighted by Crippen LogP contribution is 2.28. The van der Waals surface area contributed by atoms with Crippen LogP contribution in [0.5, 0.6) is 0 Å². The minimum atomic E-state index is -3.13. The van der Waals surface area contributed by atoms with Crippen LogP contribution in [0, 0.1) is 0 Å². The van der Waals surface area contributed by atoms with Crippen molar-refractivity contribution >= 4 is 21.4 Å². The lowest BCUT2D eigenvalue weighted by atomic mass is 10.0. The van der Waals surface area contributed by atoms with E-state index in [1.807, 2.05) is 17.5 Å². The molecule has 1 aromatic heterocycles. The van der Waals surface area contributed by atoms with Crippen molar-refractivity contribution in [1.29, 1.82) is 0 Å². The van der Waals surface area contributed by atoms with E-state index in [1.54, 1.807) is 11.3 Å². The number of rotatable bonds is 7. The van der Waals surface area contributed by atoms with E-state index in [4.69, 9.17) is 0 Å². The summed E-state index contributed by atoms with van der Waals surface area (Å²) in [5.74, 6) is 0. The molecule has 0 spiro atoms. The molecule has 0 aromatic carbocycles. The zero-order valence-corrected chi connectivity index (χ0v) is 14.7. The van der Waals surface area contributed by atoms with Crippen LogP contribution in [0.1, 0.15) is 43.1 Å². The Labute approximate surface area is 137 Å². The summed E-state index contributed by atoms with van der Waals surface area (Å²) in [6.07, 6.45) is 6.09. The molecule has 1 saturated heterocycles. The number of aliphatic hydroxyl groups excluding tert-OH is 1. The monoisotopic (exact) mass is 346 g/mol. The van der Waals surface area contributed by atoms with Crippen LogP contribution in [0.3, 0.4) is 0 Å². The summed E-state index contributed by atoms with van der Waals surface area (Å²) in [5, 5.41) is 12.4. The number of likely N-dealkylation sites (tertiary alicyclic amines) is 1. The van der Waals surface area contributed by atoms with E-state index < -0.39 is 16.1 Å². The third-order valence-corrected chi connectivity index (χ3v) is 5.83. The lowest BCUT2D eigenvalue weighted by molar-refractivity contribution is 0.105. The maximum atomic E-state index is 11.2. The minimum Gasteiger partial charge on any atom is -0.388 e. The molecule has 2 atom stereocenters. The molecule has 1 aliphatic rings. The molecular weight excluding hydrogens is 320 g/mol. The van der Waals surface area contributed by atoms with Gasteiger partial charge in [-0.3, -0.25) is 4.90 Å². The summed E-state index contributed by atoms with van der Waals surface area (Å²) in [4.78, 5) is 3.35. The number of sulfonamides is 1. The highest BCUT2D eigenvalue weighted by molar-refractivity contribution is 7.88. The predicted molar refractivity (Wildman–Crippen MR) is 90.6 cm³/mol. The van der Waals surface area contributed by atoms with E-state index in [-0.39, 0.29) is 0 Å². The van der Waals surface area contributed by atoms with Gasteiger partial charge in [0.1, 0.15) is 0 Å². The van der Waals surface area contributed by atoms with Crippen LogP contribution in [-0.2, 0) is 10.0 Å². The van der Waals surface area contributed by atoms with Gasteiger partial charge in [0.05, 0.1) is 12.4 Å². The SMILES string of the molecule is CS(=O)(=O)NCCN1CCCCCC1CC(O)c1cccs1. The second-order valence-electron chi connectivity index (χ2n) is 5.97. The Kier molecular flexibility index (Phi) is 6.83. The Morgan fingerprint density at radius 1 is 1.45 bits per heavy atom. The van der Waals surface area contributed by atoms with E-state index in [1.165, 1.54) is 19.1 Å². The smallest absolute Gasteiger partial charge is 0.208 e. The van der Waals surface area contributed by atoms with Gasteiger partial charge in [-0.15, -0.1) is 11.3 Å². The van der Waals surface area contributed by atoms with Crippen LogP contribution >= 0.6 is 11.3 Å². The zero-order valence-electron chi connectivity index (χ0n) is 13.1. The molecule has 1 aliphatic heterocycles. The van der Waals surface area contributed by atoms with E-state index in [0.29, 0.717) is 19.1 Å². The third kappa shape index (κ3) is 5.96. The quantitative estimate of drug-likeness (QED) is 0.792. The number of aliphatic hydroxyl groups is 1. The van der Waals surface area contributed by atoms with Crippen LogP contribution in [0.25, 0.3) is 0 Å². The Morgan fingerprint density at radius 3 is 2.95 bits per heavy atom. The average molecular weight is 347 g/mol. The van der Waals surface area contributed by atoms with Crippen molar-refractivity contribution < 1.29 is 13.5 Å². The molecule has 1 aromatic rings. The largest absolute Gasteiger partial charge is 0.388 e. The fraction of sp³-hybridized carbons (Fsp3) is 0.733. The third-order valence-electron chi connectivity index (χ3n) is 4.13. The molecule has 2 rings (SSSR count). The molecule has 126 valence electrons. The lowest BCUT2D eigenvalue weighted by Crippen LogP contribution is -2.41. The molecule has 0 aliphatic carbocycles. The molecule has 0 saturated carbocycles. The molecule has 2 N–H and O–H groups in total. The second-order valence-corrected chi connectivity index (χ2v) is 8.78. The van der Waals surface area contributed by atoms with Crippen molar-refractivity contribution in [3.63, 3.8) is 0 Å². The van der Waals surface area contributed by atoms with Crippen molar-refractivity contribution in [2.24, 2.45) is 0 Å². The van der Waals surface area contributed by atoms with Crippen molar-refractivity contribution in [3.8, 4) is 0 Å². The molecule has 2 unspecified atom stereocenters. The maximum absolute atomic E-state index is 11.2. The van der Waals surface area contributed by atoms with Crippen LogP contribution in [0.15, 0.2) is 17.5 Å². The first-order valence-electron chi connectivity index (χ1n) is 7.86.